The molecular weight excluding hydrogens is 276 g/mol. The van der Waals surface area contributed by atoms with Crippen LogP contribution in [-0.4, -0.2) is 46.8 Å². The summed E-state index contributed by atoms with van der Waals surface area (Å²) >= 11 is 0. The van der Waals surface area contributed by atoms with E-state index >= 15 is 0 Å². The predicted molar refractivity (Wildman–Crippen MR) is 74.2 cm³/mol. The number of hydrogen-bond donors (Lipinski definition) is 2. The highest BCUT2D eigenvalue weighted by atomic mass is 16.4. The summed E-state index contributed by atoms with van der Waals surface area (Å²) in [6.45, 7) is 3.65. The number of carboxylic acids is 1. The zero-order chi connectivity index (χ0) is 16.0. The van der Waals surface area contributed by atoms with Gasteiger partial charge in [0.2, 0.25) is 17.7 Å². The maximum Gasteiger partial charge on any atom is 0.311 e. The number of aliphatic carboxylic acids is 1. The van der Waals surface area contributed by atoms with Crippen LogP contribution in [0.3, 0.4) is 0 Å². The minimum atomic E-state index is -0.963. The second-order valence-corrected chi connectivity index (χ2v) is 5.26. The zero-order valence-electron chi connectivity index (χ0n) is 12.5. The molecule has 0 bridgehead atoms. The van der Waals surface area contributed by atoms with Crippen LogP contribution in [0.4, 0.5) is 0 Å². The number of imide groups is 1. The molecule has 0 radical (unpaired) electrons. The molecule has 3 amide bonds. The number of carbonyl (C=O) groups excluding carboxylic acids is 3. The van der Waals surface area contributed by atoms with Crippen LogP contribution < -0.4 is 5.32 Å². The predicted octanol–water partition coefficient (Wildman–Crippen LogP) is 0.533. The molecular formula is C14H22N2O5. The van der Waals surface area contributed by atoms with E-state index in [9.17, 15) is 24.3 Å². The first kappa shape index (κ1) is 17.1. The Morgan fingerprint density at radius 1 is 1.19 bits per heavy atom. The molecule has 21 heavy (non-hydrogen) atoms. The Hall–Kier alpha value is -1.92. The van der Waals surface area contributed by atoms with Crippen molar-refractivity contribution in [3.05, 3.63) is 0 Å². The molecule has 0 saturated carbocycles. The van der Waals surface area contributed by atoms with E-state index in [1.54, 1.807) is 13.8 Å². The van der Waals surface area contributed by atoms with E-state index in [2.05, 4.69) is 5.32 Å². The molecule has 1 fully saturated rings. The molecule has 2 N–H and O–H groups in total. The van der Waals surface area contributed by atoms with Crippen molar-refractivity contribution in [3.8, 4) is 0 Å². The van der Waals surface area contributed by atoms with Crippen LogP contribution in [0, 0.1) is 5.41 Å². The molecule has 1 rings (SSSR count). The highest BCUT2D eigenvalue weighted by Crippen LogP contribution is 2.25. The highest BCUT2D eigenvalue weighted by Gasteiger charge is 2.35. The second-order valence-electron chi connectivity index (χ2n) is 5.26. The Morgan fingerprint density at radius 2 is 1.71 bits per heavy atom. The van der Waals surface area contributed by atoms with Gasteiger partial charge in [0.1, 0.15) is 0 Å². The minimum Gasteiger partial charge on any atom is -0.481 e. The molecule has 0 aromatic rings. The van der Waals surface area contributed by atoms with Gasteiger partial charge in [-0.15, -0.1) is 0 Å². The van der Waals surface area contributed by atoms with E-state index in [1.165, 1.54) is 0 Å². The lowest BCUT2D eigenvalue weighted by Gasteiger charge is -2.27. The van der Waals surface area contributed by atoms with Gasteiger partial charge in [-0.25, -0.2) is 0 Å². The zero-order valence-corrected chi connectivity index (χ0v) is 12.5. The molecule has 0 unspecified atom stereocenters. The lowest BCUT2D eigenvalue weighted by atomic mass is 9.82. The summed E-state index contributed by atoms with van der Waals surface area (Å²) < 4.78 is 0. The maximum atomic E-state index is 11.8. The van der Waals surface area contributed by atoms with Gasteiger partial charge in [0.15, 0.2) is 0 Å². The smallest absolute Gasteiger partial charge is 0.311 e. The standard InChI is InChI=1S/C14H22N2O5/c1-3-14(4-2,13(20)21)9-15-10(17)7-8-16-11(18)5-6-12(16)19/h3-9H2,1-2H3,(H,15,17)(H,20,21). The van der Waals surface area contributed by atoms with E-state index in [1.807, 2.05) is 0 Å². The summed E-state index contributed by atoms with van der Waals surface area (Å²) in [5, 5.41) is 11.9. The summed E-state index contributed by atoms with van der Waals surface area (Å²) in [6, 6.07) is 0. The molecule has 0 spiro atoms. The number of carboxylic acid groups (broad SMARTS) is 1. The Kier molecular flexibility index (Phi) is 5.87. The summed E-state index contributed by atoms with van der Waals surface area (Å²) in [4.78, 5) is 46.9. The van der Waals surface area contributed by atoms with Crippen molar-refractivity contribution in [2.75, 3.05) is 13.1 Å². The van der Waals surface area contributed by atoms with Crippen LogP contribution in [0.5, 0.6) is 0 Å². The molecule has 7 nitrogen and oxygen atoms in total. The topological polar surface area (TPSA) is 104 Å². The third-order valence-corrected chi connectivity index (χ3v) is 4.15. The van der Waals surface area contributed by atoms with Gasteiger partial charge < -0.3 is 10.4 Å². The fraction of sp³-hybridized carbons (Fsp3) is 0.714. The van der Waals surface area contributed by atoms with Gasteiger partial charge in [-0.1, -0.05) is 13.8 Å². The van der Waals surface area contributed by atoms with E-state index in [4.69, 9.17) is 0 Å². The second kappa shape index (κ2) is 7.19. The maximum absolute atomic E-state index is 11.8. The molecule has 7 heteroatoms. The molecule has 0 atom stereocenters. The van der Waals surface area contributed by atoms with Crippen LogP contribution in [0.2, 0.25) is 0 Å². The number of carbonyl (C=O) groups is 4. The van der Waals surface area contributed by atoms with Crippen molar-refractivity contribution in [1.82, 2.24) is 10.2 Å². The third kappa shape index (κ3) is 4.03. The van der Waals surface area contributed by atoms with Crippen molar-refractivity contribution in [3.63, 3.8) is 0 Å². The number of hydrogen-bond acceptors (Lipinski definition) is 4. The van der Waals surface area contributed by atoms with Crippen LogP contribution in [0.15, 0.2) is 0 Å². The average molecular weight is 298 g/mol. The normalized spacial score (nSPS) is 15.4. The molecule has 0 aliphatic carbocycles. The summed E-state index contributed by atoms with van der Waals surface area (Å²) in [5.41, 5.74) is -0.963. The summed E-state index contributed by atoms with van der Waals surface area (Å²) in [5.74, 6) is -1.79. The average Bonchev–Trinajstić information content (AvgIpc) is 2.77. The highest BCUT2D eigenvalue weighted by molar-refractivity contribution is 6.02. The van der Waals surface area contributed by atoms with Gasteiger partial charge in [-0.05, 0) is 12.8 Å². The number of amides is 3. The first-order valence-electron chi connectivity index (χ1n) is 7.19. The Bertz CT molecular complexity index is 427. The quantitative estimate of drug-likeness (QED) is 0.636. The van der Waals surface area contributed by atoms with Crippen molar-refractivity contribution in [2.45, 2.75) is 46.0 Å². The van der Waals surface area contributed by atoms with Gasteiger partial charge in [0.25, 0.3) is 0 Å². The third-order valence-electron chi connectivity index (χ3n) is 4.15. The van der Waals surface area contributed by atoms with E-state index < -0.39 is 11.4 Å². The molecule has 118 valence electrons. The van der Waals surface area contributed by atoms with Gasteiger partial charge in [-0.2, -0.15) is 0 Å². The van der Waals surface area contributed by atoms with E-state index in [0.717, 1.165) is 4.90 Å². The summed E-state index contributed by atoms with van der Waals surface area (Å²) in [6.07, 6.45) is 1.24. The van der Waals surface area contributed by atoms with Crippen LogP contribution in [0.25, 0.3) is 0 Å². The molecule has 1 heterocycles. The van der Waals surface area contributed by atoms with Crippen molar-refractivity contribution < 1.29 is 24.3 Å². The van der Waals surface area contributed by atoms with Crippen molar-refractivity contribution in [2.24, 2.45) is 5.41 Å². The fourth-order valence-corrected chi connectivity index (χ4v) is 2.32. The first-order valence-corrected chi connectivity index (χ1v) is 7.19. The first-order chi connectivity index (χ1) is 9.86. The molecule has 0 aromatic heterocycles. The Morgan fingerprint density at radius 3 is 2.14 bits per heavy atom. The van der Waals surface area contributed by atoms with Crippen molar-refractivity contribution >= 4 is 23.7 Å². The van der Waals surface area contributed by atoms with Crippen LogP contribution in [-0.2, 0) is 19.2 Å². The van der Waals surface area contributed by atoms with Crippen molar-refractivity contribution in [1.29, 1.82) is 0 Å². The Balaban J connectivity index is 2.45. The molecule has 1 saturated heterocycles. The largest absolute Gasteiger partial charge is 0.481 e. The number of nitrogens with zero attached hydrogens (tertiary/aromatic N) is 1. The van der Waals surface area contributed by atoms with Crippen LogP contribution in [0.1, 0.15) is 46.0 Å². The van der Waals surface area contributed by atoms with Gasteiger partial charge in [0.05, 0.1) is 5.41 Å². The van der Waals surface area contributed by atoms with Gasteiger partial charge >= 0.3 is 5.97 Å². The summed E-state index contributed by atoms with van der Waals surface area (Å²) in [7, 11) is 0. The number of likely N-dealkylation sites (tertiary alicyclic amines) is 1. The molecule has 1 aliphatic rings. The monoisotopic (exact) mass is 298 g/mol. The van der Waals surface area contributed by atoms with Gasteiger partial charge in [-0.3, -0.25) is 24.1 Å². The lowest BCUT2D eigenvalue weighted by Crippen LogP contribution is -2.43. The number of rotatable bonds is 8. The fourth-order valence-electron chi connectivity index (χ4n) is 2.32. The molecule has 0 aromatic carbocycles. The van der Waals surface area contributed by atoms with E-state index in [-0.39, 0.29) is 50.1 Å². The van der Waals surface area contributed by atoms with Crippen LogP contribution >= 0.6 is 0 Å². The number of nitrogens with one attached hydrogen (secondary N) is 1. The Labute approximate surface area is 123 Å². The molecule has 1 aliphatic heterocycles. The van der Waals surface area contributed by atoms with Gasteiger partial charge in [0, 0.05) is 32.4 Å². The van der Waals surface area contributed by atoms with E-state index in [0.29, 0.717) is 12.8 Å². The minimum absolute atomic E-state index is 0.000603. The lowest BCUT2D eigenvalue weighted by molar-refractivity contribution is -0.149. The SMILES string of the molecule is CCC(CC)(CNC(=O)CCN1C(=O)CCC1=O)C(=O)O.